The molecule has 1 aromatic heterocycles. The maximum atomic E-state index is 5.84. The van der Waals surface area contributed by atoms with E-state index in [1.54, 1.807) is 7.11 Å². The van der Waals surface area contributed by atoms with Gasteiger partial charge in [0.2, 0.25) is 0 Å². The summed E-state index contributed by atoms with van der Waals surface area (Å²) in [7, 11) is 1.68. The summed E-state index contributed by atoms with van der Waals surface area (Å²) in [4.78, 5) is 4.51. The fourth-order valence-corrected chi connectivity index (χ4v) is 3.27. The number of ether oxygens (including phenoxy) is 1. The Morgan fingerprint density at radius 2 is 1.78 bits per heavy atom. The molecule has 0 amide bonds. The molecule has 3 aromatic rings. The van der Waals surface area contributed by atoms with E-state index < -0.39 is 0 Å². The molecule has 4 heteroatoms. The number of benzene rings is 2. The van der Waals surface area contributed by atoms with Crippen LogP contribution in [-0.2, 0) is 6.42 Å². The lowest BCUT2D eigenvalue weighted by Gasteiger charge is -2.16. The minimum absolute atomic E-state index is 0.192. The first-order valence-electron chi connectivity index (χ1n) is 7.56. The van der Waals surface area contributed by atoms with Crippen LogP contribution >= 0.6 is 11.3 Å². The first-order chi connectivity index (χ1) is 11.2. The van der Waals surface area contributed by atoms with Crippen LogP contribution in [0.25, 0.3) is 0 Å². The third-order valence-corrected chi connectivity index (χ3v) is 4.67. The highest BCUT2D eigenvalue weighted by Gasteiger charge is 2.18. The smallest absolute Gasteiger partial charge is 0.180 e. The standard InChI is InChI=1S/C19H20N2OS/c1-13-3-5-14(6-4-13)11-17(18-12-23-19(20)21-18)15-7-9-16(22-2)10-8-15/h3-10,12,17H,11H2,1-2H3,(H2,20,21). The Kier molecular flexibility index (Phi) is 4.63. The summed E-state index contributed by atoms with van der Waals surface area (Å²) in [5.41, 5.74) is 10.7. The number of anilines is 1. The molecule has 118 valence electrons. The number of aromatic nitrogens is 1. The second-order valence-corrected chi connectivity index (χ2v) is 6.52. The van der Waals surface area contributed by atoms with Crippen molar-refractivity contribution in [1.82, 2.24) is 4.98 Å². The third-order valence-electron chi connectivity index (χ3n) is 3.98. The number of hydrogen-bond acceptors (Lipinski definition) is 4. The number of methoxy groups -OCH3 is 1. The lowest BCUT2D eigenvalue weighted by atomic mass is 9.89. The Morgan fingerprint density at radius 1 is 1.09 bits per heavy atom. The first-order valence-corrected chi connectivity index (χ1v) is 8.44. The van der Waals surface area contributed by atoms with Crippen molar-refractivity contribution < 1.29 is 4.74 Å². The number of nitrogens with zero attached hydrogens (tertiary/aromatic N) is 1. The zero-order valence-electron chi connectivity index (χ0n) is 13.3. The van der Waals surface area contributed by atoms with Gasteiger partial charge < -0.3 is 10.5 Å². The predicted octanol–water partition coefficient (Wildman–Crippen LogP) is 4.42. The van der Waals surface area contributed by atoms with Crippen molar-refractivity contribution in [3.05, 3.63) is 76.3 Å². The maximum Gasteiger partial charge on any atom is 0.180 e. The van der Waals surface area contributed by atoms with Gasteiger partial charge in [-0.1, -0.05) is 42.0 Å². The lowest BCUT2D eigenvalue weighted by Crippen LogP contribution is -2.06. The molecule has 0 fully saturated rings. The van der Waals surface area contributed by atoms with Crippen LogP contribution in [-0.4, -0.2) is 12.1 Å². The molecular formula is C19H20N2OS. The fourth-order valence-electron chi connectivity index (χ4n) is 2.65. The molecule has 3 rings (SSSR count). The molecule has 0 bridgehead atoms. The van der Waals surface area contributed by atoms with E-state index in [0.29, 0.717) is 5.13 Å². The number of nitrogen functional groups attached to an aromatic ring is 1. The lowest BCUT2D eigenvalue weighted by molar-refractivity contribution is 0.414. The average Bonchev–Trinajstić information content (AvgIpc) is 3.01. The zero-order valence-corrected chi connectivity index (χ0v) is 14.1. The second kappa shape index (κ2) is 6.84. The molecule has 0 aliphatic heterocycles. The Labute approximate surface area is 140 Å². The molecule has 1 unspecified atom stereocenters. The summed E-state index contributed by atoms with van der Waals surface area (Å²) in [5, 5.41) is 2.67. The summed E-state index contributed by atoms with van der Waals surface area (Å²) in [6.07, 6.45) is 0.899. The number of rotatable bonds is 5. The monoisotopic (exact) mass is 324 g/mol. The van der Waals surface area contributed by atoms with E-state index in [1.165, 1.54) is 28.0 Å². The van der Waals surface area contributed by atoms with Gasteiger partial charge in [-0.3, -0.25) is 0 Å². The highest BCUT2D eigenvalue weighted by Crippen LogP contribution is 2.31. The van der Waals surface area contributed by atoms with E-state index in [0.717, 1.165) is 17.9 Å². The molecule has 0 radical (unpaired) electrons. The van der Waals surface area contributed by atoms with Gasteiger partial charge in [0.15, 0.2) is 5.13 Å². The maximum absolute atomic E-state index is 5.84. The molecule has 3 nitrogen and oxygen atoms in total. The predicted molar refractivity (Wildman–Crippen MR) is 96.2 cm³/mol. The molecule has 0 saturated carbocycles. The summed E-state index contributed by atoms with van der Waals surface area (Å²) in [5.74, 6) is 1.05. The van der Waals surface area contributed by atoms with Gasteiger partial charge >= 0.3 is 0 Å². The quantitative estimate of drug-likeness (QED) is 0.756. The van der Waals surface area contributed by atoms with Gasteiger partial charge in [0.25, 0.3) is 0 Å². The van der Waals surface area contributed by atoms with Gasteiger partial charge in [0, 0.05) is 11.3 Å². The summed E-state index contributed by atoms with van der Waals surface area (Å²) < 4.78 is 5.26. The topological polar surface area (TPSA) is 48.1 Å². The largest absolute Gasteiger partial charge is 0.497 e. The zero-order chi connectivity index (χ0) is 16.2. The van der Waals surface area contributed by atoms with Gasteiger partial charge in [0.05, 0.1) is 12.8 Å². The van der Waals surface area contributed by atoms with Crippen LogP contribution in [0.4, 0.5) is 5.13 Å². The third kappa shape index (κ3) is 3.71. The molecule has 23 heavy (non-hydrogen) atoms. The van der Waals surface area contributed by atoms with E-state index >= 15 is 0 Å². The van der Waals surface area contributed by atoms with Crippen LogP contribution in [0.2, 0.25) is 0 Å². The van der Waals surface area contributed by atoms with Crippen LogP contribution in [0, 0.1) is 6.92 Å². The highest BCUT2D eigenvalue weighted by molar-refractivity contribution is 7.13. The van der Waals surface area contributed by atoms with Crippen LogP contribution in [0.1, 0.15) is 28.3 Å². The van der Waals surface area contributed by atoms with Crippen LogP contribution in [0.15, 0.2) is 53.9 Å². The van der Waals surface area contributed by atoms with Gasteiger partial charge in [0.1, 0.15) is 5.75 Å². The normalized spacial score (nSPS) is 12.1. The molecule has 2 N–H and O–H groups in total. The Hall–Kier alpha value is -2.33. The van der Waals surface area contributed by atoms with Crippen molar-refractivity contribution in [1.29, 1.82) is 0 Å². The van der Waals surface area contributed by atoms with Gasteiger partial charge in [-0.2, -0.15) is 0 Å². The molecule has 0 aliphatic rings. The summed E-state index contributed by atoms with van der Waals surface area (Å²) in [6.45, 7) is 2.10. The minimum atomic E-state index is 0.192. The molecule has 0 saturated heterocycles. The Morgan fingerprint density at radius 3 is 2.35 bits per heavy atom. The van der Waals surface area contributed by atoms with Gasteiger partial charge in [-0.05, 0) is 36.6 Å². The molecule has 0 aliphatic carbocycles. The average molecular weight is 324 g/mol. The van der Waals surface area contributed by atoms with Crippen molar-refractivity contribution in [3.63, 3.8) is 0 Å². The van der Waals surface area contributed by atoms with Gasteiger partial charge in [-0.25, -0.2) is 4.98 Å². The molecule has 1 heterocycles. The first kappa shape index (κ1) is 15.6. The van der Waals surface area contributed by atoms with Crippen LogP contribution in [0.5, 0.6) is 5.75 Å². The van der Waals surface area contributed by atoms with Crippen molar-refractivity contribution >= 4 is 16.5 Å². The van der Waals surface area contributed by atoms with E-state index in [2.05, 4.69) is 53.7 Å². The molecule has 1 atom stereocenters. The van der Waals surface area contributed by atoms with Crippen molar-refractivity contribution in [2.45, 2.75) is 19.3 Å². The Balaban J connectivity index is 1.94. The molecule has 0 spiro atoms. The number of hydrogen-bond donors (Lipinski definition) is 1. The van der Waals surface area contributed by atoms with Gasteiger partial charge in [-0.15, -0.1) is 11.3 Å². The van der Waals surface area contributed by atoms with E-state index in [1.807, 2.05) is 12.1 Å². The van der Waals surface area contributed by atoms with E-state index in [9.17, 15) is 0 Å². The molecule has 2 aromatic carbocycles. The second-order valence-electron chi connectivity index (χ2n) is 5.63. The minimum Gasteiger partial charge on any atom is -0.497 e. The number of aryl methyl sites for hydroxylation is 1. The number of thiazole rings is 1. The van der Waals surface area contributed by atoms with Crippen molar-refractivity contribution in [2.24, 2.45) is 0 Å². The van der Waals surface area contributed by atoms with Crippen molar-refractivity contribution in [3.8, 4) is 5.75 Å². The van der Waals surface area contributed by atoms with Crippen molar-refractivity contribution in [2.75, 3.05) is 12.8 Å². The highest BCUT2D eigenvalue weighted by atomic mass is 32.1. The van der Waals surface area contributed by atoms with Crippen LogP contribution in [0.3, 0.4) is 0 Å². The van der Waals surface area contributed by atoms with E-state index in [-0.39, 0.29) is 5.92 Å². The Bertz CT molecular complexity index is 763. The van der Waals surface area contributed by atoms with E-state index in [4.69, 9.17) is 10.5 Å². The fraction of sp³-hybridized carbons (Fsp3) is 0.211. The summed E-state index contributed by atoms with van der Waals surface area (Å²) in [6, 6.07) is 16.9. The molecular weight excluding hydrogens is 304 g/mol. The summed E-state index contributed by atoms with van der Waals surface area (Å²) >= 11 is 1.49. The SMILES string of the molecule is COc1ccc(C(Cc2ccc(C)cc2)c2csc(N)n2)cc1. The number of nitrogens with two attached hydrogens (primary N) is 1. The van der Waals surface area contributed by atoms with Crippen LogP contribution < -0.4 is 10.5 Å².